The van der Waals surface area contributed by atoms with Crippen LogP contribution < -0.4 is 4.90 Å². The van der Waals surface area contributed by atoms with E-state index in [1.165, 1.54) is 0 Å². The Bertz CT molecular complexity index is 290. The number of nitrogens with zero attached hydrogens (tertiary/aromatic N) is 4. The van der Waals surface area contributed by atoms with Crippen molar-refractivity contribution < 1.29 is 0 Å². The van der Waals surface area contributed by atoms with Crippen molar-refractivity contribution in [1.29, 1.82) is 5.26 Å². The molecule has 1 heterocycles. The van der Waals surface area contributed by atoms with Crippen LogP contribution in [0.25, 0.3) is 0 Å². The fourth-order valence-electron chi connectivity index (χ4n) is 0.940. The van der Waals surface area contributed by atoms with Gasteiger partial charge in [0.2, 0.25) is 5.95 Å². The van der Waals surface area contributed by atoms with Crippen molar-refractivity contribution in [3.8, 4) is 6.07 Å². The molecule has 1 rings (SSSR count). The van der Waals surface area contributed by atoms with E-state index in [0.29, 0.717) is 12.4 Å². The first-order valence-electron chi connectivity index (χ1n) is 4.12. The molecule has 0 spiro atoms. The van der Waals surface area contributed by atoms with Crippen LogP contribution in [0, 0.1) is 11.3 Å². The van der Waals surface area contributed by atoms with Gasteiger partial charge in [-0.2, -0.15) is 5.26 Å². The highest BCUT2D eigenvalue weighted by atomic mass is 15.2. The molecule has 68 valence electrons. The van der Waals surface area contributed by atoms with E-state index in [1.54, 1.807) is 18.5 Å². The molecule has 0 fully saturated rings. The molecule has 1 aromatic heterocycles. The van der Waals surface area contributed by atoms with Crippen LogP contribution in [0.1, 0.15) is 13.3 Å². The maximum Gasteiger partial charge on any atom is 0.225 e. The van der Waals surface area contributed by atoms with E-state index in [0.717, 1.165) is 0 Å². The molecule has 0 aliphatic rings. The minimum atomic E-state index is 0.146. The van der Waals surface area contributed by atoms with Gasteiger partial charge in [-0.05, 0) is 13.0 Å². The van der Waals surface area contributed by atoms with Crippen molar-refractivity contribution in [2.24, 2.45) is 0 Å². The average Bonchev–Trinajstić information content (AvgIpc) is 2.18. The maximum atomic E-state index is 8.51. The predicted octanol–water partition coefficient (Wildman–Crippen LogP) is 1.21. The van der Waals surface area contributed by atoms with Gasteiger partial charge < -0.3 is 4.90 Å². The second-order valence-electron chi connectivity index (χ2n) is 2.87. The number of hydrogen-bond donors (Lipinski definition) is 0. The largest absolute Gasteiger partial charge is 0.340 e. The highest BCUT2D eigenvalue weighted by Crippen LogP contribution is 2.08. The lowest BCUT2D eigenvalue weighted by atomic mass is 10.2. The SMILES string of the molecule is CC(CC#N)N(C)c1ncccn1. The van der Waals surface area contributed by atoms with Gasteiger partial charge in [-0.25, -0.2) is 9.97 Å². The van der Waals surface area contributed by atoms with E-state index in [1.807, 2.05) is 18.9 Å². The molecule has 4 heteroatoms. The zero-order valence-electron chi connectivity index (χ0n) is 7.81. The molecule has 1 unspecified atom stereocenters. The normalized spacial score (nSPS) is 11.8. The molecule has 0 saturated heterocycles. The second kappa shape index (κ2) is 4.41. The summed E-state index contributed by atoms with van der Waals surface area (Å²) >= 11 is 0. The van der Waals surface area contributed by atoms with E-state index >= 15 is 0 Å². The van der Waals surface area contributed by atoms with Crippen molar-refractivity contribution in [2.75, 3.05) is 11.9 Å². The molecule has 0 aliphatic carbocycles. The lowest BCUT2D eigenvalue weighted by Crippen LogP contribution is -2.29. The molecule has 0 aliphatic heterocycles. The summed E-state index contributed by atoms with van der Waals surface area (Å²) in [5.74, 6) is 0.658. The van der Waals surface area contributed by atoms with Gasteiger partial charge in [0.25, 0.3) is 0 Å². The van der Waals surface area contributed by atoms with Gasteiger partial charge >= 0.3 is 0 Å². The third-order valence-electron chi connectivity index (χ3n) is 1.92. The molecule has 4 nitrogen and oxygen atoms in total. The Hall–Kier alpha value is -1.63. The molecule has 0 radical (unpaired) electrons. The Balaban J connectivity index is 2.69. The van der Waals surface area contributed by atoms with E-state index in [4.69, 9.17) is 5.26 Å². The van der Waals surface area contributed by atoms with Crippen molar-refractivity contribution in [1.82, 2.24) is 9.97 Å². The second-order valence-corrected chi connectivity index (χ2v) is 2.87. The summed E-state index contributed by atoms with van der Waals surface area (Å²) in [6.45, 7) is 1.97. The van der Waals surface area contributed by atoms with Crippen molar-refractivity contribution in [3.63, 3.8) is 0 Å². The molecular weight excluding hydrogens is 164 g/mol. The van der Waals surface area contributed by atoms with E-state index in [-0.39, 0.29) is 6.04 Å². The van der Waals surface area contributed by atoms with Gasteiger partial charge in [-0.1, -0.05) is 0 Å². The fraction of sp³-hybridized carbons (Fsp3) is 0.444. The molecule has 13 heavy (non-hydrogen) atoms. The highest BCUT2D eigenvalue weighted by molar-refractivity contribution is 5.28. The predicted molar refractivity (Wildman–Crippen MR) is 50.1 cm³/mol. The molecule has 0 bridgehead atoms. The Morgan fingerprint density at radius 2 is 2.15 bits per heavy atom. The zero-order chi connectivity index (χ0) is 9.68. The summed E-state index contributed by atoms with van der Waals surface area (Å²) in [5.41, 5.74) is 0. The summed E-state index contributed by atoms with van der Waals surface area (Å²) in [5, 5.41) is 8.51. The summed E-state index contributed by atoms with van der Waals surface area (Å²) in [4.78, 5) is 10.1. The van der Waals surface area contributed by atoms with Crippen LogP contribution in [0.4, 0.5) is 5.95 Å². The first kappa shape index (κ1) is 9.46. The van der Waals surface area contributed by atoms with Gasteiger partial charge in [0.15, 0.2) is 0 Å². The van der Waals surface area contributed by atoms with Crippen molar-refractivity contribution in [3.05, 3.63) is 18.5 Å². The van der Waals surface area contributed by atoms with Crippen LogP contribution in [-0.2, 0) is 0 Å². The third kappa shape index (κ3) is 2.41. The van der Waals surface area contributed by atoms with Gasteiger partial charge in [0, 0.05) is 25.5 Å². The van der Waals surface area contributed by atoms with Crippen LogP contribution in [0.15, 0.2) is 18.5 Å². The quantitative estimate of drug-likeness (QED) is 0.694. The number of anilines is 1. The minimum Gasteiger partial charge on any atom is -0.340 e. The Labute approximate surface area is 77.8 Å². The molecule has 0 saturated carbocycles. The van der Waals surface area contributed by atoms with Gasteiger partial charge in [-0.3, -0.25) is 0 Å². The summed E-state index contributed by atoms with van der Waals surface area (Å²) in [6, 6.07) is 4.04. The average molecular weight is 176 g/mol. The Morgan fingerprint density at radius 3 is 2.69 bits per heavy atom. The van der Waals surface area contributed by atoms with Crippen LogP contribution in [0.2, 0.25) is 0 Å². The monoisotopic (exact) mass is 176 g/mol. The number of nitriles is 1. The molecule has 1 aromatic rings. The van der Waals surface area contributed by atoms with E-state index in [2.05, 4.69) is 16.0 Å². The van der Waals surface area contributed by atoms with Crippen LogP contribution in [0.5, 0.6) is 0 Å². The molecule has 0 N–H and O–H groups in total. The molecular formula is C9H12N4. The minimum absolute atomic E-state index is 0.146. The van der Waals surface area contributed by atoms with E-state index < -0.39 is 0 Å². The van der Waals surface area contributed by atoms with Crippen LogP contribution >= 0.6 is 0 Å². The number of aromatic nitrogens is 2. The summed E-state index contributed by atoms with van der Waals surface area (Å²) < 4.78 is 0. The van der Waals surface area contributed by atoms with Crippen LogP contribution in [-0.4, -0.2) is 23.1 Å². The topological polar surface area (TPSA) is 52.8 Å². The zero-order valence-corrected chi connectivity index (χ0v) is 7.81. The third-order valence-corrected chi connectivity index (χ3v) is 1.92. The standard InChI is InChI=1S/C9H12N4/c1-8(4-5-10)13(2)9-11-6-3-7-12-9/h3,6-8H,4H2,1-2H3. The van der Waals surface area contributed by atoms with Crippen molar-refractivity contribution in [2.45, 2.75) is 19.4 Å². The molecule has 0 amide bonds. The van der Waals surface area contributed by atoms with Crippen molar-refractivity contribution >= 4 is 5.95 Å². The first-order chi connectivity index (χ1) is 6.25. The highest BCUT2D eigenvalue weighted by Gasteiger charge is 2.10. The number of rotatable bonds is 3. The van der Waals surface area contributed by atoms with Gasteiger partial charge in [-0.15, -0.1) is 0 Å². The van der Waals surface area contributed by atoms with Gasteiger partial charge in [0.1, 0.15) is 0 Å². The smallest absolute Gasteiger partial charge is 0.225 e. The molecule has 1 atom stereocenters. The molecule has 0 aromatic carbocycles. The number of hydrogen-bond acceptors (Lipinski definition) is 4. The van der Waals surface area contributed by atoms with Crippen LogP contribution in [0.3, 0.4) is 0 Å². The lowest BCUT2D eigenvalue weighted by Gasteiger charge is -2.22. The van der Waals surface area contributed by atoms with Gasteiger partial charge in [0.05, 0.1) is 12.5 Å². The first-order valence-corrected chi connectivity index (χ1v) is 4.12. The summed E-state index contributed by atoms with van der Waals surface area (Å²) in [6.07, 6.45) is 3.87. The van der Waals surface area contributed by atoms with E-state index in [9.17, 15) is 0 Å². The lowest BCUT2D eigenvalue weighted by molar-refractivity contribution is 0.683. The Morgan fingerprint density at radius 1 is 1.54 bits per heavy atom. The summed E-state index contributed by atoms with van der Waals surface area (Å²) in [7, 11) is 1.89. The fourth-order valence-corrected chi connectivity index (χ4v) is 0.940. The Kier molecular flexibility index (Phi) is 3.21. The maximum absolute atomic E-state index is 8.51.